The predicted molar refractivity (Wildman–Crippen MR) is 91.2 cm³/mol. The second kappa shape index (κ2) is 7.34. The quantitative estimate of drug-likeness (QED) is 0.574. The first kappa shape index (κ1) is 20.6. The van der Waals surface area contributed by atoms with Crippen LogP contribution in [-0.2, 0) is 21.3 Å². The van der Waals surface area contributed by atoms with Gasteiger partial charge in [-0.1, -0.05) is 0 Å². The van der Waals surface area contributed by atoms with Gasteiger partial charge < -0.3 is 9.47 Å². The fourth-order valence-corrected chi connectivity index (χ4v) is 3.58. The van der Waals surface area contributed by atoms with E-state index in [0.717, 1.165) is 35.1 Å². The van der Waals surface area contributed by atoms with Crippen LogP contribution >= 0.6 is 0 Å². The molecule has 0 aliphatic carbocycles. The van der Waals surface area contributed by atoms with E-state index in [9.17, 15) is 26.0 Å². The van der Waals surface area contributed by atoms with Crippen LogP contribution in [0.25, 0.3) is 10.9 Å². The summed E-state index contributed by atoms with van der Waals surface area (Å²) >= 11 is 0. The first-order valence-corrected chi connectivity index (χ1v) is 9.24. The lowest BCUT2D eigenvalue weighted by Crippen LogP contribution is -2.24. The number of nitriles is 1. The Labute approximate surface area is 161 Å². The predicted octanol–water partition coefficient (Wildman–Crippen LogP) is 3.74. The third kappa shape index (κ3) is 3.74. The number of nitrogens with zero attached hydrogens (tertiary/aromatic N) is 3. The van der Waals surface area contributed by atoms with Crippen LogP contribution in [0.1, 0.15) is 5.56 Å². The summed E-state index contributed by atoms with van der Waals surface area (Å²) in [5, 5.41) is 12.7. The first-order valence-electron chi connectivity index (χ1n) is 7.76. The summed E-state index contributed by atoms with van der Waals surface area (Å²) in [7, 11) is -4.44. The second-order valence-electron chi connectivity index (χ2n) is 5.72. The van der Waals surface area contributed by atoms with Crippen molar-refractivity contribution in [3.05, 3.63) is 47.9 Å². The van der Waals surface area contributed by atoms with Gasteiger partial charge in [-0.15, -0.1) is 0 Å². The standard InChI is InChI=1S/C17H11F4N3O4S/c1-27-9-24-16-13(8-23-24)14(2-3-15(16)29(25,26)17(19,20)21)28-12-5-10(7-22)4-11(18)6-12/h2-6,8H,9H2,1H3. The zero-order chi connectivity index (χ0) is 21.4. The number of fused-ring (bicyclic) bond motifs is 1. The second-order valence-corrected chi connectivity index (χ2v) is 7.63. The molecule has 0 fully saturated rings. The van der Waals surface area contributed by atoms with Crippen molar-refractivity contribution < 1.29 is 35.5 Å². The van der Waals surface area contributed by atoms with Gasteiger partial charge in [0, 0.05) is 13.2 Å². The first-order chi connectivity index (χ1) is 13.6. The van der Waals surface area contributed by atoms with Crippen LogP contribution in [0.15, 0.2) is 41.4 Å². The van der Waals surface area contributed by atoms with Gasteiger partial charge in [-0.3, -0.25) is 0 Å². The van der Waals surface area contributed by atoms with Gasteiger partial charge in [-0.2, -0.15) is 23.5 Å². The van der Waals surface area contributed by atoms with E-state index in [1.165, 1.54) is 13.2 Å². The fourth-order valence-electron chi connectivity index (χ4n) is 2.61. The molecular weight excluding hydrogens is 418 g/mol. The molecule has 0 radical (unpaired) electrons. The molecule has 1 aromatic heterocycles. The molecule has 0 spiro atoms. The smallest absolute Gasteiger partial charge is 0.456 e. The summed E-state index contributed by atoms with van der Waals surface area (Å²) in [6.45, 7) is -0.328. The monoisotopic (exact) mass is 429 g/mol. The maximum atomic E-state index is 13.6. The van der Waals surface area contributed by atoms with Gasteiger partial charge in [0.25, 0.3) is 9.84 Å². The minimum Gasteiger partial charge on any atom is -0.456 e. The van der Waals surface area contributed by atoms with E-state index < -0.39 is 31.6 Å². The maximum Gasteiger partial charge on any atom is 0.501 e. The average Bonchev–Trinajstić information content (AvgIpc) is 3.05. The lowest BCUT2D eigenvalue weighted by molar-refractivity contribution is -0.0435. The zero-order valence-electron chi connectivity index (χ0n) is 14.6. The molecule has 3 rings (SSSR count). The van der Waals surface area contributed by atoms with E-state index >= 15 is 0 Å². The number of alkyl halides is 3. The van der Waals surface area contributed by atoms with Crippen molar-refractivity contribution in [1.29, 1.82) is 5.26 Å². The Morgan fingerprint density at radius 1 is 1.24 bits per heavy atom. The molecule has 2 aromatic carbocycles. The number of methoxy groups -OCH3 is 1. The van der Waals surface area contributed by atoms with E-state index in [0.29, 0.717) is 0 Å². The third-order valence-electron chi connectivity index (χ3n) is 3.80. The van der Waals surface area contributed by atoms with E-state index in [2.05, 4.69) is 5.10 Å². The van der Waals surface area contributed by atoms with E-state index in [1.54, 1.807) is 6.07 Å². The zero-order valence-corrected chi connectivity index (χ0v) is 15.4. The van der Waals surface area contributed by atoms with Crippen molar-refractivity contribution in [2.75, 3.05) is 7.11 Å². The minimum absolute atomic E-state index is 0.0393. The van der Waals surface area contributed by atoms with Crippen molar-refractivity contribution in [3.63, 3.8) is 0 Å². The van der Waals surface area contributed by atoms with Crippen LogP contribution in [0.4, 0.5) is 17.6 Å². The van der Waals surface area contributed by atoms with Gasteiger partial charge in [-0.25, -0.2) is 17.5 Å². The summed E-state index contributed by atoms with van der Waals surface area (Å²) in [6, 6.07) is 6.61. The summed E-state index contributed by atoms with van der Waals surface area (Å²) in [5.41, 5.74) is -5.96. The van der Waals surface area contributed by atoms with E-state index in [4.69, 9.17) is 14.7 Å². The Kier molecular flexibility index (Phi) is 5.20. The minimum atomic E-state index is -5.70. The van der Waals surface area contributed by atoms with Crippen molar-refractivity contribution >= 4 is 20.7 Å². The lowest BCUT2D eigenvalue weighted by Gasteiger charge is -2.13. The molecule has 0 aliphatic heterocycles. The van der Waals surface area contributed by atoms with Crippen LogP contribution in [0.2, 0.25) is 0 Å². The highest BCUT2D eigenvalue weighted by Gasteiger charge is 2.48. The number of aromatic nitrogens is 2. The number of sulfone groups is 1. The number of hydrogen-bond donors (Lipinski definition) is 0. The van der Waals surface area contributed by atoms with Crippen LogP contribution in [0, 0.1) is 17.1 Å². The van der Waals surface area contributed by atoms with Crippen LogP contribution in [-0.4, -0.2) is 30.8 Å². The number of rotatable bonds is 5. The van der Waals surface area contributed by atoms with Gasteiger partial charge in [-0.05, 0) is 24.3 Å². The van der Waals surface area contributed by atoms with Crippen molar-refractivity contribution in [2.24, 2.45) is 0 Å². The number of hydrogen-bond acceptors (Lipinski definition) is 6. The van der Waals surface area contributed by atoms with Gasteiger partial charge in [0.1, 0.15) is 28.9 Å². The lowest BCUT2D eigenvalue weighted by atomic mass is 10.2. The highest BCUT2D eigenvalue weighted by atomic mass is 32.2. The molecule has 0 saturated heterocycles. The number of ether oxygens (including phenoxy) is 2. The maximum absolute atomic E-state index is 13.6. The van der Waals surface area contributed by atoms with Crippen molar-refractivity contribution in [1.82, 2.24) is 9.78 Å². The SMILES string of the molecule is COCn1ncc2c(Oc3cc(F)cc(C#N)c3)ccc(S(=O)(=O)C(F)(F)F)c21. The molecule has 0 N–H and O–H groups in total. The van der Waals surface area contributed by atoms with E-state index in [1.807, 2.05) is 0 Å². The van der Waals surface area contributed by atoms with Crippen molar-refractivity contribution in [2.45, 2.75) is 17.1 Å². The average molecular weight is 429 g/mol. The normalized spacial score (nSPS) is 12.1. The van der Waals surface area contributed by atoms with Crippen LogP contribution in [0.3, 0.4) is 0 Å². The summed E-state index contributed by atoms with van der Waals surface area (Å²) < 4.78 is 88.1. The Morgan fingerprint density at radius 3 is 2.59 bits per heavy atom. The molecule has 0 aliphatic rings. The third-order valence-corrected chi connectivity index (χ3v) is 5.32. The van der Waals surface area contributed by atoms with E-state index in [-0.39, 0.29) is 29.2 Å². The molecule has 7 nitrogen and oxygen atoms in total. The molecule has 0 saturated carbocycles. The van der Waals surface area contributed by atoms with Crippen LogP contribution < -0.4 is 4.74 Å². The molecule has 0 bridgehead atoms. The summed E-state index contributed by atoms with van der Waals surface area (Å²) in [4.78, 5) is -1.03. The van der Waals surface area contributed by atoms with Gasteiger partial charge in [0.15, 0.2) is 0 Å². The highest BCUT2D eigenvalue weighted by molar-refractivity contribution is 7.92. The van der Waals surface area contributed by atoms with Gasteiger partial charge >= 0.3 is 5.51 Å². The topological polar surface area (TPSA) is 94.2 Å². The molecule has 1 heterocycles. The molecule has 152 valence electrons. The Morgan fingerprint density at radius 2 is 1.97 bits per heavy atom. The van der Waals surface area contributed by atoms with Gasteiger partial charge in [0.05, 0.1) is 28.7 Å². The molecule has 3 aromatic rings. The molecule has 29 heavy (non-hydrogen) atoms. The molecule has 0 unspecified atom stereocenters. The van der Waals surface area contributed by atoms with Crippen molar-refractivity contribution in [3.8, 4) is 17.6 Å². The van der Waals surface area contributed by atoms with Crippen LogP contribution in [0.5, 0.6) is 11.5 Å². The summed E-state index contributed by atoms with van der Waals surface area (Å²) in [6.07, 6.45) is 1.10. The molecule has 0 atom stereocenters. The number of halogens is 4. The molecule has 0 amide bonds. The number of benzene rings is 2. The molecule has 12 heteroatoms. The molecular formula is C17H11F4N3O4S. The summed E-state index contributed by atoms with van der Waals surface area (Å²) in [5.74, 6) is -0.951. The Balaban J connectivity index is 2.21. The van der Waals surface area contributed by atoms with Gasteiger partial charge in [0.2, 0.25) is 0 Å². The highest BCUT2D eigenvalue weighted by Crippen LogP contribution is 2.39. The Bertz CT molecular complexity index is 1230. The Hall–Kier alpha value is -3.17. The largest absolute Gasteiger partial charge is 0.501 e. The fraction of sp³-hybridized carbons (Fsp3) is 0.176.